The van der Waals surface area contributed by atoms with Crippen LogP contribution in [0.2, 0.25) is 0 Å². The Morgan fingerprint density at radius 3 is 2.09 bits per heavy atom. The number of hydrogen-bond acceptors (Lipinski definition) is 4. The number of anilines is 1. The van der Waals surface area contributed by atoms with Gasteiger partial charge in [-0.15, -0.1) is 0 Å². The fourth-order valence-electron chi connectivity index (χ4n) is 3.75. The van der Waals surface area contributed by atoms with Crippen molar-refractivity contribution in [1.29, 1.82) is 0 Å². The van der Waals surface area contributed by atoms with Gasteiger partial charge in [-0.25, -0.2) is 8.42 Å². The van der Waals surface area contributed by atoms with E-state index in [2.05, 4.69) is 5.32 Å². The van der Waals surface area contributed by atoms with Crippen LogP contribution in [-0.4, -0.2) is 50.5 Å². The van der Waals surface area contributed by atoms with E-state index in [1.807, 2.05) is 65.0 Å². The normalized spacial score (nSPS) is 12.4. The lowest BCUT2D eigenvalue weighted by molar-refractivity contribution is -0.139. The van der Waals surface area contributed by atoms with Gasteiger partial charge in [-0.05, 0) is 62.4 Å². The molecule has 0 bridgehead atoms. The minimum absolute atomic E-state index is 0.196. The summed E-state index contributed by atoms with van der Waals surface area (Å²) in [5.41, 5.74) is 4.13. The highest BCUT2D eigenvalue weighted by Gasteiger charge is 2.30. The van der Waals surface area contributed by atoms with Crippen molar-refractivity contribution in [2.75, 3.05) is 23.7 Å². The number of carbonyl (C=O) groups excluding carboxylic acids is 2. The van der Waals surface area contributed by atoms with E-state index in [-0.39, 0.29) is 18.4 Å². The Balaban J connectivity index is 2.40. The highest BCUT2D eigenvalue weighted by molar-refractivity contribution is 7.92. The fourth-order valence-corrected chi connectivity index (χ4v) is 4.58. The smallest absolute Gasteiger partial charge is 0.244 e. The zero-order chi connectivity index (χ0) is 25.6. The molecule has 2 aromatic carbocycles. The molecule has 0 saturated heterocycles. The quantitative estimate of drug-likeness (QED) is 0.555. The fraction of sp³-hybridized carbons (Fsp3) is 0.462. The van der Waals surface area contributed by atoms with Crippen molar-refractivity contribution in [3.63, 3.8) is 0 Å². The van der Waals surface area contributed by atoms with Crippen molar-refractivity contribution in [1.82, 2.24) is 10.2 Å². The Morgan fingerprint density at radius 2 is 1.56 bits per heavy atom. The number of carbonyl (C=O) groups is 2. The molecule has 34 heavy (non-hydrogen) atoms. The predicted octanol–water partition coefficient (Wildman–Crippen LogP) is 3.57. The van der Waals surface area contributed by atoms with Crippen LogP contribution >= 0.6 is 0 Å². The summed E-state index contributed by atoms with van der Waals surface area (Å²) >= 11 is 0. The molecule has 0 aliphatic heterocycles. The van der Waals surface area contributed by atoms with Crippen molar-refractivity contribution in [2.24, 2.45) is 5.92 Å². The van der Waals surface area contributed by atoms with Crippen molar-refractivity contribution < 1.29 is 18.0 Å². The van der Waals surface area contributed by atoms with E-state index >= 15 is 0 Å². The van der Waals surface area contributed by atoms with E-state index in [0.717, 1.165) is 32.8 Å². The molecule has 0 heterocycles. The lowest BCUT2D eigenvalue weighted by Gasteiger charge is -2.32. The Kier molecular flexibility index (Phi) is 9.27. The summed E-state index contributed by atoms with van der Waals surface area (Å²) in [6.45, 7) is 11.7. The first-order valence-electron chi connectivity index (χ1n) is 11.5. The summed E-state index contributed by atoms with van der Waals surface area (Å²) < 4.78 is 26.5. The Hall–Kier alpha value is -2.87. The molecule has 1 atom stereocenters. The Labute approximate surface area is 204 Å². The summed E-state index contributed by atoms with van der Waals surface area (Å²) in [6.07, 6.45) is 1.08. The molecule has 7 nitrogen and oxygen atoms in total. The average Bonchev–Trinajstić information content (AvgIpc) is 2.71. The number of rotatable bonds is 10. The van der Waals surface area contributed by atoms with Gasteiger partial charge in [0.1, 0.15) is 12.6 Å². The largest absolute Gasteiger partial charge is 0.354 e. The van der Waals surface area contributed by atoms with E-state index in [4.69, 9.17) is 0 Å². The van der Waals surface area contributed by atoms with E-state index in [1.165, 1.54) is 4.90 Å². The van der Waals surface area contributed by atoms with Gasteiger partial charge in [-0.3, -0.25) is 13.9 Å². The molecule has 0 saturated carbocycles. The molecule has 186 valence electrons. The van der Waals surface area contributed by atoms with Crippen LogP contribution in [0.25, 0.3) is 0 Å². The highest BCUT2D eigenvalue weighted by atomic mass is 32.2. The number of nitrogens with zero attached hydrogens (tertiary/aromatic N) is 2. The van der Waals surface area contributed by atoms with Crippen LogP contribution in [0.1, 0.15) is 43.0 Å². The van der Waals surface area contributed by atoms with Crippen LogP contribution < -0.4 is 9.62 Å². The third-order valence-corrected chi connectivity index (χ3v) is 6.60. The topological polar surface area (TPSA) is 86.8 Å². The monoisotopic (exact) mass is 487 g/mol. The molecule has 2 rings (SSSR count). The maximum atomic E-state index is 13.6. The summed E-state index contributed by atoms with van der Waals surface area (Å²) in [5.74, 6) is -0.451. The number of sulfonamides is 1. The molecule has 8 heteroatoms. The van der Waals surface area contributed by atoms with Crippen LogP contribution in [0.5, 0.6) is 0 Å². The van der Waals surface area contributed by atoms with Crippen molar-refractivity contribution in [3.05, 3.63) is 64.7 Å². The van der Waals surface area contributed by atoms with Crippen LogP contribution in [0.15, 0.2) is 42.5 Å². The van der Waals surface area contributed by atoms with Gasteiger partial charge >= 0.3 is 0 Å². The van der Waals surface area contributed by atoms with Gasteiger partial charge in [0.25, 0.3) is 0 Å². The third-order valence-electron chi connectivity index (χ3n) is 5.46. The van der Waals surface area contributed by atoms with Gasteiger partial charge < -0.3 is 10.2 Å². The van der Waals surface area contributed by atoms with Crippen LogP contribution in [-0.2, 0) is 26.2 Å². The van der Waals surface area contributed by atoms with Gasteiger partial charge in [0, 0.05) is 13.1 Å². The first-order valence-corrected chi connectivity index (χ1v) is 13.3. The highest BCUT2D eigenvalue weighted by Crippen LogP contribution is 2.22. The van der Waals surface area contributed by atoms with Crippen LogP contribution in [0.3, 0.4) is 0 Å². The van der Waals surface area contributed by atoms with Gasteiger partial charge in [-0.1, -0.05) is 49.7 Å². The maximum absolute atomic E-state index is 13.6. The molecule has 2 aromatic rings. The van der Waals surface area contributed by atoms with E-state index in [0.29, 0.717) is 12.2 Å². The van der Waals surface area contributed by atoms with Crippen molar-refractivity contribution in [2.45, 2.75) is 54.1 Å². The standard InChI is InChI=1S/C26H37N3O4S/c1-18(2)15-27-26(31)22(6)28(16-23-10-8-9-19(3)12-23)25(30)17-29(34(7,32)33)24-13-20(4)11-21(5)14-24/h8-14,18,22H,15-17H2,1-7H3,(H,27,31)/t22-/m1/s1. The molecular weight excluding hydrogens is 450 g/mol. The Bertz CT molecular complexity index is 1110. The average molecular weight is 488 g/mol. The summed E-state index contributed by atoms with van der Waals surface area (Å²) in [5, 5.41) is 2.88. The Morgan fingerprint density at radius 1 is 0.941 bits per heavy atom. The van der Waals surface area contributed by atoms with Gasteiger partial charge in [0.05, 0.1) is 11.9 Å². The van der Waals surface area contributed by atoms with Gasteiger partial charge in [0.15, 0.2) is 0 Å². The van der Waals surface area contributed by atoms with Crippen LogP contribution in [0.4, 0.5) is 5.69 Å². The second-order valence-electron chi connectivity index (χ2n) is 9.44. The second kappa shape index (κ2) is 11.5. The number of aryl methyl sites for hydroxylation is 3. The van der Waals surface area contributed by atoms with E-state index in [1.54, 1.807) is 19.1 Å². The molecule has 2 amide bonds. The maximum Gasteiger partial charge on any atom is 0.244 e. The number of benzene rings is 2. The molecule has 1 N–H and O–H groups in total. The lowest BCUT2D eigenvalue weighted by atomic mass is 10.1. The summed E-state index contributed by atoms with van der Waals surface area (Å²) in [4.78, 5) is 27.9. The molecule has 0 aliphatic carbocycles. The first kappa shape index (κ1) is 27.4. The molecular formula is C26H37N3O4S. The van der Waals surface area contributed by atoms with Crippen LogP contribution in [0, 0.1) is 26.7 Å². The van der Waals surface area contributed by atoms with E-state index in [9.17, 15) is 18.0 Å². The second-order valence-corrected chi connectivity index (χ2v) is 11.3. The first-order chi connectivity index (χ1) is 15.8. The van der Waals surface area contributed by atoms with Gasteiger partial charge in [0.2, 0.25) is 21.8 Å². The minimum atomic E-state index is -3.74. The predicted molar refractivity (Wildman–Crippen MR) is 137 cm³/mol. The van der Waals surface area contributed by atoms with Crippen molar-refractivity contribution in [3.8, 4) is 0 Å². The SMILES string of the molecule is Cc1cccc(CN(C(=O)CN(c2cc(C)cc(C)c2)S(C)(=O)=O)[C@H](C)C(=O)NCC(C)C)c1. The molecule has 0 aromatic heterocycles. The number of hydrogen-bond donors (Lipinski definition) is 1. The van der Waals surface area contributed by atoms with Crippen molar-refractivity contribution >= 4 is 27.5 Å². The number of amides is 2. The zero-order valence-corrected chi connectivity index (χ0v) is 22.1. The third kappa shape index (κ3) is 7.87. The van der Waals surface area contributed by atoms with Gasteiger partial charge in [-0.2, -0.15) is 0 Å². The molecule has 0 aliphatic rings. The number of nitrogens with one attached hydrogen (secondary N) is 1. The summed E-state index contributed by atoms with van der Waals surface area (Å²) in [7, 11) is -3.74. The lowest BCUT2D eigenvalue weighted by Crippen LogP contribution is -2.51. The molecule has 0 radical (unpaired) electrons. The summed E-state index contributed by atoms with van der Waals surface area (Å²) in [6, 6.07) is 12.4. The minimum Gasteiger partial charge on any atom is -0.354 e. The zero-order valence-electron chi connectivity index (χ0n) is 21.3. The molecule has 0 spiro atoms. The molecule has 0 fully saturated rings. The van der Waals surface area contributed by atoms with E-state index < -0.39 is 28.5 Å². The molecule has 0 unspecified atom stereocenters.